The minimum Gasteiger partial charge on any atom is -0.493 e. The Labute approximate surface area is 155 Å². The molecule has 0 unspecified atom stereocenters. The van der Waals surface area contributed by atoms with Crippen molar-refractivity contribution in [2.45, 2.75) is 20.3 Å². The number of carbonyl (C=O) groups excluding carboxylic acids is 1. The van der Waals surface area contributed by atoms with Crippen LogP contribution in [0.15, 0.2) is 42.0 Å². The highest BCUT2D eigenvalue weighted by atomic mass is 16.5. The number of anilines is 1. The molecular formula is C22H25NO3. The minimum atomic E-state index is 0.0637. The van der Waals surface area contributed by atoms with Crippen molar-refractivity contribution in [3.63, 3.8) is 0 Å². The number of carbonyl (C=O) groups is 1. The topological polar surface area (TPSA) is 38.8 Å². The van der Waals surface area contributed by atoms with Gasteiger partial charge < -0.3 is 14.4 Å². The van der Waals surface area contributed by atoms with Gasteiger partial charge in [0.15, 0.2) is 17.3 Å². The van der Waals surface area contributed by atoms with Gasteiger partial charge in [0.1, 0.15) is 0 Å². The third-order valence-electron chi connectivity index (χ3n) is 4.89. The molecule has 1 aliphatic carbocycles. The van der Waals surface area contributed by atoms with Gasteiger partial charge in [0.25, 0.3) is 0 Å². The maximum absolute atomic E-state index is 12.8. The summed E-state index contributed by atoms with van der Waals surface area (Å²) in [6.07, 6.45) is 2.60. The van der Waals surface area contributed by atoms with Gasteiger partial charge in [-0.15, -0.1) is 0 Å². The lowest BCUT2D eigenvalue weighted by Gasteiger charge is -2.20. The largest absolute Gasteiger partial charge is 0.493 e. The second-order valence-corrected chi connectivity index (χ2v) is 6.30. The van der Waals surface area contributed by atoms with Crippen LogP contribution in [-0.2, 0) is 6.42 Å². The highest BCUT2D eigenvalue weighted by Gasteiger charge is 2.27. The molecule has 0 bridgehead atoms. The summed E-state index contributed by atoms with van der Waals surface area (Å²) in [4.78, 5) is 15.1. The maximum Gasteiger partial charge on any atom is 0.189 e. The standard InChI is InChI=1S/C22H25NO3/c1-5-23(6-2)18-9-7-15(8-10-18)11-17-12-16-13-20(25-3)21(26-4)14-19(16)22(17)24/h7-11,13-14H,5-6,12H2,1-4H3/b17-11-. The van der Waals surface area contributed by atoms with Crippen LogP contribution in [-0.4, -0.2) is 33.1 Å². The van der Waals surface area contributed by atoms with Gasteiger partial charge in [-0.05, 0) is 55.3 Å². The van der Waals surface area contributed by atoms with Crippen molar-refractivity contribution in [1.82, 2.24) is 0 Å². The molecule has 0 atom stereocenters. The highest BCUT2D eigenvalue weighted by molar-refractivity contribution is 6.15. The number of ether oxygens (including phenoxy) is 2. The summed E-state index contributed by atoms with van der Waals surface area (Å²) in [7, 11) is 3.19. The number of Topliss-reactive ketones (excluding diaryl/α,β-unsaturated/α-hetero) is 1. The molecule has 0 spiro atoms. The number of methoxy groups -OCH3 is 2. The van der Waals surface area contributed by atoms with Gasteiger partial charge in [0, 0.05) is 36.3 Å². The van der Waals surface area contributed by atoms with E-state index in [2.05, 4.69) is 43.0 Å². The van der Waals surface area contributed by atoms with E-state index in [1.54, 1.807) is 20.3 Å². The van der Waals surface area contributed by atoms with E-state index in [4.69, 9.17) is 9.47 Å². The Hall–Kier alpha value is -2.75. The van der Waals surface area contributed by atoms with Crippen LogP contribution in [0.2, 0.25) is 0 Å². The quantitative estimate of drug-likeness (QED) is 0.724. The molecule has 0 aliphatic heterocycles. The van der Waals surface area contributed by atoms with Gasteiger partial charge >= 0.3 is 0 Å². The van der Waals surface area contributed by atoms with Crippen LogP contribution in [0.3, 0.4) is 0 Å². The lowest BCUT2D eigenvalue weighted by Crippen LogP contribution is -2.21. The zero-order valence-corrected chi connectivity index (χ0v) is 15.8. The Morgan fingerprint density at radius 1 is 1.00 bits per heavy atom. The van der Waals surface area contributed by atoms with Crippen LogP contribution in [0.4, 0.5) is 5.69 Å². The number of rotatable bonds is 6. The zero-order chi connectivity index (χ0) is 18.7. The summed E-state index contributed by atoms with van der Waals surface area (Å²) < 4.78 is 10.7. The molecule has 2 aromatic rings. The predicted molar refractivity (Wildman–Crippen MR) is 106 cm³/mol. The number of fused-ring (bicyclic) bond motifs is 1. The van der Waals surface area contributed by atoms with E-state index >= 15 is 0 Å². The third kappa shape index (κ3) is 3.32. The van der Waals surface area contributed by atoms with Crippen LogP contribution in [0.25, 0.3) is 6.08 Å². The summed E-state index contributed by atoms with van der Waals surface area (Å²) in [6.45, 7) is 6.26. The van der Waals surface area contributed by atoms with Crippen molar-refractivity contribution in [2.24, 2.45) is 0 Å². The summed E-state index contributed by atoms with van der Waals surface area (Å²) in [5, 5.41) is 0. The first-order valence-electron chi connectivity index (χ1n) is 8.96. The van der Waals surface area contributed by atoms with Gasteiger partial charge in [0.2, 0.25) is 0 Å². The van der Waals surface area contributed by atoms with Crippen LogP contribution in [0.5, 0.6) is 11.5 Å². The molecule has 0 radical (unpaired) electrons. The number of ketones is 1. The molecule has 4 heteroatoms. The fourth-order valence-corrected chi connectivity index (χ4v) is 3.43. The van der Waals surface area contributed by atoms with Gasteiger partial charge in [-0.2, -0.15) is 0 Å². The van der Waals surface area contributed by atoms with E-state index in [-0.39, 0.29) is 5.78 Å². The average Bonchev–Trinajstić information content (AvgIpc) is 2.97. The van der Waals surface area contributed by atoms with Crippen LogP contribution >= 0.6 is 0 Å². The maximum atomic E-state index is 12.8. The smallest absolute Gasteiger partial charge is 0.189 e. The Morgan fingerprint density at radius 2 is 1.62 bits per heavy atom. The SMILES string of the molecule is CCN(CC)c1ccc(/C=C2/Cc3cc(OC)c(OC)cc3C2=O)cc1. The number of hydrogen-bond acceptors (Lipinski definition) is 4. The predicted octanol–water partition coefficient (Wildman–Crippen LogP) is 4.37. The van der Waals surface area contributed by atoms with Gasteiger partial charge in [0.05, 0.1) is 14.2 Å². The van der Waals surface area contributed by atoms with Crippen LogP contribution in [0, 0.1) is 0 Å². The van der Waals surface area contributed by atoms with E-state index in [0.717, 1.165) is 29.8 Å². The molecule has 1 aliphatic rings. The number of benzene rings is 2. The number of nitrogens with zero attached hydrogens (tertiary/aromatic N) is 1. The summed E-state index contributed by atoms with van der Waals surface area (Å²) in [5.41, 5.74) is 4.72. The Bertz CT molecular complexity index is 833. The molecule has 0 amide bonds. The first-order valence-corrected chi connectivity index (χ1v) is 8.96. The van der Waals surface area contributed by atoms with E-state index in [9.17, 15) is 4.79 Å². The van der Waals surface area contributed by atoms with Crippen molar-refractivity contribution in [2.75, 3.05) is 32.2 Å². The molecule has 0 heterocycles. The molecular weight excluding hydrogens is 326 g/mol. The fourth-order valence-electron chi connectivity index (χ4n) is 3.43. The molecule has 26 heavy (non-hydrogen) atoms. The second kappa shape index (κ2) is 7.65. The van der Waals surface area contributed by atoms with E-state index in [1.165, 1.54) is 5.69 Å². The van der Waals surface area contributed by atoms with Gasteiger partial charge in [-0.3, -0.25) is 4.79 Å². The molecule has 4 nitrogen and oxygen atoms in total. The Balaban J connectivity index is 1.87. The van der Waals surface area contributed by atoms with E-state index in [1.807, 2.05) is 12.1 Å². The third-order valence-corrected chi connectivity index (χ3v) is 4.89. The fraction of sp³-hybridized carbons (Fsp3) is 0.318. The molecule has 0 saturated carbocycles. The lowest BCUT2D eigenvalue weighted by atomic mass is 10.1. The van der Waals surface area contributed by atoms with Gasteiger partial charge in [-0.25, -0.2) is 0 Å². The van der Waals surface area contributed by atoms with E-state index in [0.29, 0.717) is 23.5 Å². The minimum absolute atomic E-state index is 0.0637. The molecule has 0 saturated heterocycles. The Kier molecular flexibility index (Phi) is 5.31. The molecule has 0 N–H and O–H groups in total. The number of hydrogen-bond donors (Lipinski definition) is 0. The molecule has 0 aromatic heterocycles. The molecule has 2 aromatic carbocycles. The molecule has 0 fully saturated rings. The van der Waals surface area contributed by atoms with Gasteiger partial charge in [-0.1, -0.05) is 12.1 Å². The summed E-state index contributed by atoms with van der Waals surface area (Å²) in [5.74, 6) is 1.31. The first kappa shape index (κ1) is 18.1. The van der Waals surface area contributed by atoms with Crippen LogP contribution < -0.4 is 14.4 Å². The van der Waals surface area contributed by atoms with Crippen molar-refractivity contribution in [3.8, 4) is 11.5 Å². The van der Waals surface area contributed by atoms with E-state index < -0.39 is 0 Å². The second-order valence-electron chi connectivity index (χ2n) is 6.30. The average molecular weight is 351 g/mol. The van der Waals surface area contributed by atoms with Crippen molar-refractivity contribution >= 4 is 17.5 Å². The van der Waals surface area contributed by atoms with Crippen molar-refractivity contribution < 1.29 is 14.3 Å². The van der Waals surface area contributed by atoms with Crippen molar-refractivity contribution in [1.29, 1.82) is 0 Å². The summed E-state index contributed by atoms with van der Waals surface area (Å²) in [6, 6.07) is 12.0. The monoisotopic (exact) mass is 351 g/mol. The highest BCUT2D eigenvalue weighted by Crippen LogP contribution is 2.37. The normalized spacial score (nSPS) is 14.5. The zero-order valence-electron chi connectivity index (χ0n) is 15.8. The molecule has 3 rings (SSSR count). The lowest BCUT2D eigenvalue weighted by molar-refractivity contribution is 0.104. The first-order chi connectivity index (χ1) is 12.6. The van der Waals surface area contributed by atoms with Crippen molar-refractivity contribution in [3.05, 3.63) is 58.7 Å². The molecule has 136 valence electrons. The Morgan fingerprint density at radius 3 is 2.19 bits per heavy atom. The number of allylic oxidation sites excluding steroid dienone is 1. The van der Waals surface area contributed by atoms with Crippen LogP contribution in [0.1, 0.15) is 35.3 Å². The summed E-state index contributed by atoms with van der Waals surface area (Å²) >= 11 is 0.